The number of ether oxygens (including phenoxy) is 1. The van der Waals surface area contributed by atoms with Crippen LogP contribution in [-0.2, 0) is 0 Å². The molecule has 2 rings (SSSR count). The van der Waals surface area contributed by atoms with Gasteiger partial charge in [-0.05, 0) is 79.6 Å². The van der Waals surface area contributed by atoms with Crippen LogP contribution in [0.2, 0.25) is 0 Å². The van der Waals surface area contributed by atoms with E-state index in [0.717, 1.165) is 18.8 Å². The van der Waals surface area contributed by atoms with Gasteiger partial charge < -0.3 is 4.74 Å². The van der Waals surface area contributed by atoms with Crippen LogP contribution in [0.5, 0.6) is 5.75 Å². The number of hydrogen-bond acceptors (Lipinski definition) is 1. The molecule has 0 N–H and O–H groups in total. The summed E-state index contributed by atoms with van der Waals surface area (Å²) in [5.74, 6) is 0.982. The summed E-state index contributed by atoms with van der Waals surface area (Å²) in [6.07, 6.45) is 7.80. The highest BCUT2D eigenvalue weighted by Gasteiger charge is 2.09. The summed E-state index contributed by atoms with van der Waals surface area (Å²) in [6.45, 7) is 11.9. The van der Waals surface area contributed by atoms with Gasteiger partial charge in [-0.1, -0.05) is 57.2 Å². The first kappa shape index (κ1) is 19.6. The highest BCUT2D eigenvalue weighted by atomic mass is 16.5. The molecule has 2 aromatic rings. The lowest BCUT2D eigenvalue weighted by Gasteiger charge is -2.15. The zero-order valence-corrected chi connectivity index (χ0v) is 16.7. The van der Waals surface area contributed by atoms with Crippen LogP contribution in [-0.4, -0.2) is 6.61 Å². The molecule has 0 unspecified atom stereocenters. The SMILES string of the molecule is CCCCCCCCOc1ccc(-c2cc(C)c(C)c(C)c2C)cc1. The van der Waals surface area contributed by atoms with Crippen molar-refractivity contribution in [2.45, 2.75) is 73.1 Å². The van der Waals surface area contributed by atoms with E-state index >= 15 is 0 Å². The van der Waals surface area contributed by atoms with E-state index in [-0.39, 0.29) is 0 Å². The Balaban J connectivity index is 1.92. The van der Waals surface area contributed by atoms with Crippen LogP contribution in [0.15, 0.2) is 30.3 Å². The normalized spacial score (nSPS) is 10.9. The van der Waals surface area contributed by atoms with Gasteiger partial charge in [-0.15, -0.1) is 0 Å². The fourth-order valence-electron chi connectivity index (χ4n) is 3.31. The number of benzene rings is 2. The minimum absolute atomic E-state index is 0.827. The number of unbranched alkanes of at least 4 members (excludes halogenated alkanes) is 5. The first-order chi connectivity index (χ1) is 12.0. The van der Waals surface area contributed by atoms with E-state index in [9.17, 15) is 0 Å². The van der Waals surface area contributed by atoms with Crippen molar-refractivity contribution >= 4 is 0 Å². The van der Waals surface area contributed by atoms with Crippen molar-refractivity contribution < 1.29 is 4.74 Å². The highest BCUT2D eigenvalue weighted by molar-refractivity contribution is 5.71. The molecule has 0 bridgehead atoms. The van der Waals surface area contributed by atoms with E-state index in [1.54, 1.807) is 0 Å². The average Bonchev–Trinajstić information content (AvgIpc) is 2.63. The maximum atomic E-state index is 5.90. The third-order valence-electron chi connectivity index (χ3n) is 5.41. The summed E-state index contributed by atoms with van der Waals surface area (Å²) in [4.78, 5) is 0. The summed E-state index contributed by atoms with van der Waals surface area (Å²) >= 11 is 0. The smallest absolute Gasteiger partial charge is 0.119 e. The molecule has 0 spiro atoms. The zero-order valence-electron chi connectivity index (χ0n) is 16.7. The van der Waals surface area contributed by atoms with E-state index in [0.29, 0.717) is 0 Å². The maximum Gasteiger partial charge on any atom is 0.119 e. The summed E-state index contributed by atoms with van der Waals surface area (Å²) in [5, 5.41) is 0. The molecule has 2 aromatic carbocycles. The summed E-state index contributed by atoms with van der Waals surface area (Å²) in [7, 11) is 0. The Morgan fingerprint density at radius 2 is 1.36 bits per heavy atom. The molecule has 0 heterocycles. The minimum Gasteiger partial charge on any atom is -0.494 e. The van der Waals surface area contributed by atoms with E-state index < -0.39 is 0 Å². The van der Waals surface area contributed by atoms with Gasteiger partial charge in [0.05, 0.1) is 6.61 Å². The first-order valence-electron chi connectivity index (χ1n) is 9.85. The summed E-state index contributed by atoms with van der Waals surface area (Å²) in [6, 6.07) is 10.9. The lowest BCUT2D eigenvalue weighted by atomic mass is 9.91. The van der Waals surface area contributed by atoms with Crippen molar-refractivity contribution in [3.8, 4) is 16.9 Å². The van der Waals surface area contributed by atoms with Crippen molar-refractivity contribution in [2.75, 3.05) is 6.61 Å². The van der Waals surface area contributed by atoms with Crippen LogP contribution in [0.1, 0.15) is 67.7 Å². The van der Waals surface area contributed by atoms with Gasteiger partial charge in [-0.25, -0.2) is 0 Å². The van der Waals surface area contributed by atoms with Gasteiger partial charge >= 0.3 is 0 Å². The molecule has 25 heavy (non-hydrogen) atoms. The predicted octanol–water partition coefficient (Wildman–Crippen LogP) is 7.33. The number of aryl methyl sites for hydroxylation is 1. The molecular formula is C24H34O. The lowest BCUT2D eigenvalue weighted by Crippen LogP contribution is -1.98. The van der Waals surface area contributed by atoms with E-state index in [4.69, 9.17) is 4.74 Å². The van der Waals surface area contributed by atoms with Crippen molar-refractivity contribution in [1.82, 2.24) is 0 Å². The number of hydrogen-bond donors (Lipinski definition) is 0. The Morgan fingerprint density at radius 1 is 0.720 bits per heavy atom. The van der Waals surface area contributed by atoms with Gasteiger partial charge in [0.1, 0.15) is 5.75 Å². The first-order valence-corrected chi connectivity index (χ1v) is 9.85. The minimum atomic E-state index is 0.827. The fraction of sp³-hybridized carbons (Fsp3) is 0.500. The van der Waals surface area contributed by atoms with Gasteiger partial charge in [0.15, 0.2) is 0 Å². The molecule has 0 radical (unpaired) electrons. The van der Waals surface area contributed by atoms with Crippen molar-refractivity contribution in [3.63, 3.8) is 0 Å². The Morgan fingerprint density at radius 3 is 2.04 bits per heavy atom. The standard InChI is InChI=1S/C24H34O/c1-6-7-8-9-10-11-16-25-23-14-12-22(13-15-23)24-17-18(2)19(3)20(4)21(24)5/h12-15,17H,6-11,16H2,1-5H3. The second-order valence-electron chi connectivity index (χ2n) is 7.26. The van der Waals surface area contributed by atoms with Crippen LogP contribution in [0.3, 0.4) is 0 Å². The fourth-order valence-corrected chi connectivity index (χ4v) is 3.31. The molecule has 0 saturated carbocycles. The Labute approximate surface area is 154 Å². The van der Waals surface area contributed by atoms with Gasteiger partial charge in [0.25, 0.3) is 0 Å². The van der Waals surface area contributed by atoms with Crippen molar-refractivity contribution in [2.24, 2.45) is 0 Å². The van der Waals surface area contributed by atoms with E-state index in [2.05, 4.69) is 65.0 Å². The molecule has 0 saturated heterocycles. The van der Waals surface area contributed by atoms with Crippen LogP contribution < -0.4 is 4.74 Å². The second-order valence-corrected chi connectivity index (χ2v) is 7.26. The molecule has 1 nitrogen and oxygen atoms in total. The second kappa shape index (κ2) is 9.65. The van der Waals surface area contributed by atoms with Gasteiger partial charge in [-0.3, -0.25) is 0 Å². The molecular weight excluding hydrogens is 304 g/mol. The van der Waals surface area contributed by atoms with E-state index in [1.807, 2.05) is 0 Å². The Hall–Kier alpha value is -1.76. The van der Waals surface area contributed by atoms with Crippen LogP contribution in [0, 0.1) is 27.7 Å². The molecule has 0 amide bonds. The largest absolute Gasteiger partial charge is 0.494 e. The summed E-state index contributed by atoms with van der Waals surface area (Å²) in [5.41, 5.74) is 8.16. The van der Waals surface area contributed by atoms with Crippen LogP contribution >= 0.6 is 0 Å². The van der Waals surface area contributed by atoms with Crippen molar-refractivity contribution in [3.05, 3.63) is 52.6 Å². The Bertz CT molecular complexity index is 667. The average molecular weight is 339 g/mol. The van der Waals surface area contributed by atoms with E-state index in [1.165, 1.54) is 65.5 Å². The molecule has 136 valence electrons. The summed E-state index contributed by atoms with van der Waals surface area (Å²) < 4.78 is 5.90. The third-order valence-corrected chi connectivity index (χ3v) is 5.41. The third kappa shape index (κ3) is 5.36. The van der Waals surface area contributed by atoms with Gasteiger partial charge in [0, 0.05) is 0 Å². The van der Waals surface area contributed by atoms with Crippen molar-refractivity contribution in [1.29, 1.82) is 0 Å². The lowest BCUT2D eigenvalue weighted by molar-refractivity contribution is 0.304. The Kier molecular flexibility index (Phi) is 7.55. The molecule has 0 aliphatic carbocycles. The molecule has 1 heteroatoms. The topological polar surface area (TPSA) is 9.23 Å². The quantitative estimate of drug-likeness (QED) is 0.435. The predicted molar refractivity (Wildman–Crippen MR) is 110 cm³/mol. The van der Waals surface area contributed by atoms with Gasteiger partial charge in [0.2, 0.25) is 0 Å². The maximum absolute atomic E-state index is 5.90. The molecule has 0 fully saturated rings. The molecule has 0 aromatic heterocycles. The molecule has 0 aliphatic heterocycles. The molecule has 0 atom stereocenters. The monoisotopic (exact) mass is 338 g/mol. The van der Waals surface area contributed by atoms with Crippen LogP contribution in [0.4, 0.5) is 0 Å². The number of rotatable bonds is 9. The molecule has 0 aliphatic rings. The van der Waals surface area contributed by atoms with Gasteiger partial charge in [-0.2, -0.15) is 0 Å². The van der Waals surface area contributed by atoms with Crippen LogP contribution in [0.25, 0.3) is 11.1 Å². The highest BCUT2D eigenvalue weighted by Crippen LogP contribution is 2.30. The zero-order chi connectivity index (χ0) is 18.2.